The molecule has 1 saturated heterocycles. The minimum atomic E-state index is -1.36. The number of hydrogen-bond donors (Lipinski definition) is 4. The highest BCUT2D eigenvalue weighted by Gasteiger charge is 2.61. The fourth-order valence-corrected chi connectivity index (χ4v) is 4.95. The molecule has 2 amide bonds. The number of halogens is 1. The summed E-state index contributed by atoms with van der Waals surface area (Å²) in [5.74, 6) is -0.529. The molecule has 0 saturated carbocycles. The van der Waals surface area contributed by atoms with E-state index in [-0.39, 0.29) is 18.2 Å². The summed E-state index contributed by atoms with van der Waals surface area (Å²) in [5.41, 5.74) is 1.10. The third-order valence-electron chi connectivity index (χ3n) is 6.31. The van der Waals surface area contributed by atoms with Crippen LogP contribution in [0, 0.1) is 12.8 Å². The van der Waals surface area contributed by atoms with Gasteiger partial charge >= 0.3 is 0 Å². The number of hydrogen-bond acceptors (Lipinski definition) is 6. The van der Waals surface area contributed by atoms with Crippen molar-refractivity contribution in [3.8, 4) is 11.5 Å². The van der Waals surface area contributed by atoms with Gasteiger partial charge in [-0.1, -0.05) is 11.6 Å². The van der Waals surface area contributed by atoms with Crippen LogP contribution in [0.4, 0.5) is 11.4 Å². The highest BCUT2D eigenvalue weighted by Crippen LogP contribution is 2.49. The van der Waals surface area contributed by atoms with Crippen molar-refractivity contribution >= 4 is 34.8 Å². The molecule has 32 heavy (non-hydrogen) atoms. The number of anilines is 2. The van der Waals surface area contributed by atoms with Crippen LogP contribution in [0.5, 0.6) is 11.5 Å². The number of methoxy groups -OCH3 is 2. The quantitative estimate of drug-likeness (QED) is 0.547. The number of amides is 2. The first-order valence-electron chi connectivity index (χ1n) is 10.3. The Labute approximate surface area is 191 Å². The van der Waals surface area contributed by atoms with Gasteiger partial charge in [0.05, 0.1) is 31.9 Å². The van der Waals surface area contributed by atoms with E-state index in [1.807, 2.05) is 6.92 Å². The molecule has 2 aliphatic rings. The molecule has 4 rings (SSSR count). The predicted octanol–water partition coefficient (Wildman–Crippen LogP) is 2.81. The van der Waals surface area contributed by atoms with Crippen molar-refractivity contribution in [3.05, 3.63) is 46.5 Å². The first-order chi connectivity index (χ1) is 15.2. The number of aryl methyl sites for hydroxylation is 1. The number of aliphatic hydroxyl groups excluding tert-OH is 1. The van der Waals surface area contributed by atoms with Gasteiger partial charge in [0.2, 0.25) is 11.8 Å². The summed E-state index contributed by atoms with van der Waals surface area (Å²) >= 11 is 6.32. The molecule has 2 heterocycles. The number of fused-ring (bicyclic) bond motifs is 2. The Morgan fingerprint density at radius 2 is 2.03 bits per heavy atom. The van der Waals surface area contributed by atoms with E-state index in [1.54, 1.807) is 37.3 Å². The Hall–Kier alpha value is -2.81. The molecule has 0 bridgehead atoms. The molecular formula is C23H26ClN3O5. The van der Waals surface area contributed by atoms with Gasteiger partial charge in [-0.2, -0.15) is 0 Å². The van der Waals surface area contributed by atoms with Crippen LogP contribution in [0.1, 0.15) is 24.5 Å². The lowest BCUT2D eigenvalue weighted by Crippen LogP contribution is -2.53. The van der Waals surface area contributed by atoms with Gasteiger partial charge in [0.1, 0.15) is 17.0 Å². The zero-order valence-corrected chi connectivity index (χ0v) is 19.0. The van der Waals surface area contributed by atoms with E-state index < -0.39 is 23.6 Å². The second-order valence-corrected chi connectivity index (χ2v) is 8.68. The van der Waals surface area contributed by atoms with Crippen LogP contribution in [-0.4, -0.2) is 43.3 Å². The maximum atomic E-state index is 13.6. The summed E-state index contributed by atoms with van der Waals surface area (Å²) in [5, 5.41) is 19.8. The molecule has 1 spiro atoms. The SMILES string of the molecule is COc1ccc(OC)c(NC(=O)[C@H]2C[C@H](C(C)O)N[C@]23C(=O)Nc2c(C)cc(Cl)cc23)c1. The predicted molar refractivity (Wildman–Crippen MR) is 121 cm³/mol. The van der Waals surface area contributed by atoms with Crippen LogP contribution in [0.3, 0.4) is 0 Å². The Kier molecular flexibility index (Phi) is 5.79. The van der Waals surface area contributed by atoms with Crippen LogP contribution < -0.4 is 25.4 Å². The van der Waals surface area contributed by atoms with E-state index in [0.717, 1.165) is 5.56 Å². The topological polar surface area (TPSA) is 109 Å². The number of carbonyl (C=O) groups excluding carboxylic acids is 2. The van der Waals surface area contributed by atoms with Gasteiger partial charge in [-0.05, 0) is 50.1 Å². The first-order valence-corrected chi connectivity index (χ1v) is 10.7. The number of ether oxygens (including phenoxy) is 2. The summed E-state index contributed by atoms with van der Waals surface area (Å²) in [7, 11) is 3.04. The van der Waals surface area contributed by atoms with Crippen molar-refractivity contribution in [1.82, 2.24) is 5.32 Å². The molecule has 170 valence electrons. The third kappa shape index (κ3) is 3.48. The van der Waals surface area contributed by atoms with Gasteiger partial charge in [-0.25, -0.2) is 0 Å². The van der Waals surface area contributed by atoms with Gasteiger partial charge in [-0.15, -0.1) is 0 Å². The Morgan fingerprint density at radius 3 is 2.69 bits per heavy atom. The molecule has 2 aromatic carbocycles. The lowest BCUT2D eigenvalue weighted by atomic mass is 9.79. The molecule has 0 aliphatic carbocycles. The second-order valence-electron chi connectivity index (χ2n) is 8.24. The highest BCUT2D eigenvalue weighted by atomic mass is 35.5. The molecule has 9 heteroatoms. The summed E-state index contributed by atoms with van der Waals surface area (Å²) in [6.45, 7) is 3.48. The number of aliphatic hydroxyl groups is 1. The lowest BCUT2D eigenvalue weighted by Gasteiger charge is -2.30. The van der Waals surface area contributed by atoms with Crippen LogP contribution >= 0.6 is 11.6 Å². The molecule has 8 nitrogen and oxygen atoms in total. The number of nitrogens with one attached hydrogen (secondary N) is 3. The number of rotatable bonds is 5. The van der Waals surface area contributed by atoms with Crippen molar-refractivity contribution in [1.29, 1.82) is 0 Å². The van der Waals surface area contributed by atoms with Crippen molar-refractivity contribution in [3.63, 3.8) is 0 Å². The van der Waals surface area contributed by atoms with Crippen molar-refractivity contribution < 1.29 is 24.2 Å². The van der Waals surface area contributed by atoms with Gasteiger partial charge in [0.15, 0.2) is 0 Å². The van der Waals surface area contributed by atoms with Crippen molar-refractivity contribution in [2.24, 2.45) is 5.92 Å². The molecule has 4 atom stereocenters. The lowest BCUT2D eigenvalue weighted by molar-refractivity contribution is -0.130. The Bertz CT molecular complexity index is 1090. The van der Waals surface area contributed by atoms with Gasteiger partial charge in [0, 0.05) is 28.4 Å². The van der Waals surface area contributed by atoms with E-state index in [0.29, 0.717) is 33.5 Å². The summed E-state index contributed by atoms with van der Waals surface area (Å²) in [6.07, 6.45) is -0.512. The highest BCUT2D eigenvalue weighted by molar-refractivity contribution is 6.31. The van der Waals surface area contributed by atoms with Gasteiger partial charge in [-0.3, -0.25) is 14.9 Å². The Balaban J connectivity index is 1.78. The summed E-state index contributed by atoms with van der Waals surface area (Å²) in [4.78, 5) is 26.9. The van der Waals surface area contributed by atoms with E-state index in [2.05, 4.69) is 16.0 Å². The standard InChI is InChI=1S/C23H26ClN3O5/c1-11-7-13(24)8-15-20(11)26-22(30)23(15)16(10-17(27-23)12(2)28)21(29)25-18-9-14(31-3)5-6-19(18)32-4/h5-9,12,16-17,27-28H,10H2,1-4H3,(H,25,29)(H,26,30)/t12?,16-,17-,23+/m1/s1. The van der Waals surface area contributed by atoms with Crippen molar-refractivity contribution in [2.75, 3.05) is 24.9 Å². The van der Waals surface area contributed by atoms with Crippen LogP contribution in [-0.2, 0) is 15.1 Å². The number of carbonyl (C=O) groups is 2. The van der Waals surface area contributed by atoms with E-state index in [1.165, 1.54) is 14.2 Å². The zero-order chi connectivity index (χ0) is 23.2. The average molecular weight is 460 g/mol. The molecular weight excluding hydrogens is 434 g/mol. The normalized spacial score (nSPS) is 24.8. The summed E-state index contributed by atoms with van der Waals surface area (Å²) < 4.78 is 10.6. The van der Waals surface area contributed by atoms with E-state index in [9.17, 15) is 14.7 Å². The minimum absolute atomic E-state index is 0.258. The molecule has 1 fully saturated rings. The fourth-order valence-electron chi connectivity index (χ4n) is 4.68. The van der Waals surface area contributed by atoms with Gasteiger partial charge < -0.3 is 25.2 Å². The monoisotopic (exact) mass is 459 g/mol. The average Bonchev–Trinajstić information content (AvgIpc) is 3.29. The summed E-state index contributed by atoms with van der Waals surface area (Å²) in [6, 6.07) is 8.07. The smallest absolute Gasteiger partial charge is 0.250 e. The van der Waals surface area contributed by atoms with E-state index in [4.69, 9.17) is 21.1 Å². The fraction of sp³-hybridized carbons (Fsp3) is 0.391. The van der Waals surface area contributed by atoms with Crippen molar-refractivity contribution in [2.45, 2.75) is 38.0 Å². The third-order valence-corrected chi connectivity index (χ3v) is 6.53. The minimum Gasteiger partial charge on any atom is -0.497 e. The molecule has 2 aromatic rings. The van der Waals surface area contributed by atoms with Gasteiger partial charge in [0.25, 0.3) is 0 Å². The largest absolute Gasteiger partial charge is 0.497 e. The van der Waals surface area contributed by atoms with E-state index >= 15 is 0 Å². The maximum absolute atomic E-state index is 13.6. The van der Waals surface area contributed by atoms with Crippen LogP contribution in [0.25, 0.3) is 0 Å². The first kappa shape index (κ1) is 22.4. The van der Waals surface area contributed by atoms with Crippen LogP contribution in [0.2, 0.25) is 5.02 Å². The molecule has 0 aromatic heterocycles. The molecule has 0 radical (unpaired) electrons. The Morgan fingerprint density at radius 1 is 1.28 bits per heavy atom. The van der Waals surface area contributed by atoms with Crippen LogP contribution in [0.15, 0.2) is 30.3 Å². The molecule has 1 unspecified atom stereocenters. The molecule has 2 aliphatic heterocycles. The molecule has 4 N–H and O–H groups in total. The zero-order valence-electron chi connectivity index (χ0n) is 18.3. The second kappa shape index (κ2) is 8.27. The number of benzene rings is 2. The maximum Gasteiger partial charge on any atom is 0.250 e.